The van der Waals surface area contributed by atoms with Crippen molar-refractivity contribution in [2.45, 2.75) is 38.2 Å². The molecule has 2 rings (SSSR count). The van der Waals surface area contributed by atoms with E-state index in [0.717, 1.165) is 24.0 Å². The van der Waals surface area contributed by atoms with Crippen molar-refractivity contribution in [2.24, 2.45) is 5.92 Å². The maximum absolute atomic E-state index is 11.9. The minimum absolute atomic E-state index is 0.00420. The van der Waals surface area contributed by atoms with Crippen LogP contribution in [-0.2, 0) is 22.4 Å². The van der Waals surface area contributed by atoms with E-state index in [9.17, 15) is 8.42 Å². The van der Waals surface area contributed by atoms with Gasteiger partial charge in [0.05, 0.1) is 12.4 Å². The second-order valence-electron chi connectivity index (χ2n) is 4.98. The summed E-state index contributed by atoms with van der Waals surface area (Å²) in [5.41, 5.74) is 1.53. The maximum atomic E-state index is 11.9. The highest BCUT2D eigenvalue weighted by molar-refractivity contribution is 7.88. The quantitative estimate of drug-likeness (QED) is 0.820. The van der Waals surface area contributed by atoms with E-state index in [4.69, 9.17) is 5.11 Å². The van der Waals surface area contributed by atoms with Gasteiger partial charge in [-0.05, 0) is 36.8 Å². The summed E-state index contributed by atoms with van der Waals surface area (Å²) in [5, 5.41) is 8.92. The summed E-state index contributed by atoms with van der Waals surface area (Å²) in [5.74, 6) is 0.506. The van der Waals surface area contributed by atoms with Crippen molar-refractivity contribution >= 4 is 10.0 Å². The fourth-order valence-corrected chi connectivity index (χ4v) is 3.45. The average molecular weight is 269 g/mol. The lowest BCUT2D eigenvalue weighted by Crippen LogP contribution is -2.34. The Balaban J connectivity index is 1.97. The van der Waals surface area contributed by atoms with Gasteiger partial charge in [0.15, 0.2) is 0 Å². The van der Waals surface area contributed by atoms with E-state index in [0.29, 0.717) is 5.92 Å². The fourth-order valence-electron chi connectivity index (χ4n) is 1.98. The van der Waals surface area contributed by atoms with Crippen LogP contribution in [0.4, 0.5) is 0 Å². The van der Waals surface area contributed by atoms with Crippen LogP contribution in [0.1, 0.15) is 30.9 Å². The number of hydrogen-bond acceptors (Lipinski definition) is 3. The number of aliphatic hydroxyl groups excluding tert-OH is 1. The van der Waals surface area contributed by atoms with Crippen LogP contribution in [0.2, 0.25) is 0 Å². The van der Waals surface area contributed by atoms with Crippen molar-refractivity contribution in [1.82, 2.24) is 4.72 Å². The van der Waals surface area contributed by atoms with E-state index in [1.807, 2.05) is 6.92 Å². The van der Waals surface area contributed by atoms with Crippen molar-refractivity contribution in [3.8, 4) is 0 Å². The molecule has 100 valence electrons. The van der Waals surface area contributed by atoms with Crippen LogP contribution in [0, 0.1) is 5.92 Å². The summed E-state index contributed by atoms with van der Waals surface area (Å²) in [6.45, 7) is 1.90. The smallest absolute Gasteiger partial charge is 0.216 e. The van der Waals surface area contributed by atoms with Crippen molar-refractivity contribution in [2.75, 3.05) is 0 Å². The Hall–Kier alpha value is -0.910. The predicted octanol–water partition coefficient (Wildman–Crippen LogP) is 1.40. The molecule has 0 radical (unpaired) electrons. The average Bonchev–Trinajstić information content (AvgIpc) is 3.12. The van der Waals surface area contributed by atoms with Gasteiger partial charge in [0, 0.05) is 6.04 Å². The Bertz CT molecular complexity index is 491. The molecule has 1 unspecified atom stereocenters. The first-order chi connectivity index (χ1) is 8.50. The van der Waals surface area contributed by atoms with Crippen LogP contribution >= 0.6 is 0 Å². The summed E-state index contributed by atoms with van der Waals surface area (Å²) in [4.78, 5) is 0. The van der Waals surface area contributed by atoms with Gasteiger partial charge >= 0.3 is 0 Å². The van der Waals surface area contributed by atoms with E-state index in [1.54, 1.807) is 24.3 Å². The second-order valence-corrected chi connectivity index (χ2v) is 6.73. The normalized spacial score (nSPS) is 17.7. The van der Waals surface area contributed by atoms with Crippen LogP contribution in [0.5, 0.6) is 0 Å². The molecule has 0 aromatic heterocycles. The minimum Gasteiger partial charge on any atom is -0.392 e. The van der Waals surface area contributed by atoms with E-state index in [1.165, 1.54) is 0 Å². The van der Waals surface area contributed by atoms with Gasteiger partial charge in [0.2, 0.25) is 10.0 Å². The topological polar surface area (TPSA) is 66.4 Å². The lowest BCUT2D eigenvalue weighted by Gasteiger charge is -2.13. The van der Waals surface area contributed by atoms with E-state index < -0.39 is 10.0 Å². The van der Waals surface area contributed by atoms with Gasteiger partial charge in [-0.1, -0.05) is 24.3 Å². The summed E-state index contributed by atoms with van der Waals surface area (Å²) < 4.78 is 26.6. The number of sulfonamides is 1. The summed E-state index contributed by atoms with van der Waals surface area (Å²) in [6.07, 6.45) is 2.24. The molecule has 1 aliphatic rings. The molecule has 0 spiro atoms. The Morgan fingerprint density at radius 1 is 1.28 bits per heavy atom. The zero-order valence-electron chi connectivity index (χ0n) is 10.5. The lowest BCUT2D eigenvalue weighted by atomic mass is 10.2. The molecule has 5 heteroatoms. The molecule has 1 saturated carbocycles. The highest BCUT2D eigenvalue weighted by Gasteiger charge is 2.30. The van der Waals surface area contributed by atoms with E-state index in [2.05, 4.69) is 4.72 Å². The molecule has 0 heterocycles. The molecule has 18 heavy (non-hydrogen) atoms. The van der Waals surface area contributed by atoms with Crippen LogP contribution in [-0.4, -0.2) is 19.6 Å². The first kappa shape index (κ1) is 13.5. The zero-order valence-corrected chi connectivity index (χ0v) is 11.3. The molecule has 0 aliphatic heterocycles. The van der Waals surface area contributed by atoms with Crippen LogP contribution in [0.15, 0.2) is 24.3 Å². The van der Waals surface area contributed by atoms with Gasteiger partial charge in [-0.15, -0.1) is 0 Å². The highest BCUT2D eigenvalue weighted by Crippen LogP contribution is 2.32. The van der Waals surface area contributed by atoms with Crippen LogP contribution in [0.25, 0.3) is 0 Å². The molecule has 1 fully saturated rings. The molecule has 1 aliphatic carbocycles. The molecule has 1 aromatic rings. The number of nitrogens with one attached hydrogen (secondary N) is 1. The molecular formula is C13H19NO3S. The lowest BCUT2D eigenvalue weighted by molar-refractivity contribution is 0.282. The fraction of sp³-hybridized carbons (Fsp3) is 0.538. The Kier molecular flexibility index (Phi) is 4.04. The maximum Gasteiger partial charge on any atom is 0.216 e. The van der Waals surface area contributed by atoms with Crippen LogP contribution < -0.4 is 4.72 Å². The summed E-state index contributed by atoms with van der Waals surface area (Å²) >= 11 is 0. The third-order valence-corrected chi connectivity index (χ3v) is 4.70. The highest BCUT2D eigenvalue weighted by atomic mass is 32.2. The molecule has 0 amide bonds. The van der Waals surface area contributed by atoms with Gasteiger partial charge in [0.25, 0.3) is 0 Å². The largest absolute Gasteiger partial charge is 0.392 e. The molecular weight excluding hydrogens is 250 g/mol. The van der Waals surface area contributed by atoms with Gasteiger partial charge in [-0.2, -0.15) is 0 Å². The van der Waals surface area contributed by atoms with Gasteiger partial charge < -0.3 is 5.11 Å². The summed E-state index contributed by atoms with van der Waals surface area (Å²) in [6, 6.07) is 7.01. The number of rotatable bonds is 6. The van der Waals surface area contributed by atoms with E-state index in [-0.39, 0.29) is 18.4 Å². The summed E-state index contributed by atoms with van der Waals surface area (Å²) in [7, 11) is -3.27. The van der Waals surface area contributed by atoms with Crippen molar-refractivity contribution in [1.29, 1.82) is 0 Å². The third kappa shape index (κ3) is 3.80. The monoisotopic (exact) mass is 269 g/mol. The molecule has 0 saturated heterocycles. The number of hydrogen-bond donors (Lipinski definition) is 2. The first-order valence-corrected chi connectivity index (χ1v) is 7.84. The van der Waals surface area contributed by atoms with Gasteiger partial charge in [-0.3, -0.25) is 0 Å². The number of benzene rings is 1. The Labute approximate surface area is 108 Å². The van der Waals surface area contributed by atoms with Gasteiger partial charge in [-0.25, -0.2) is 13.1 Å². The standard InChI is InChI=1S/C13H19NO3S/c1-10(13-6-7-13)14-18(16,17)9-12-4-2-11(8-15)3-5-12/h2-5,10,13-15H,6-9H2,1H3. The third-order valence-electron chi connectivity index (χ3n) is 3.26. The first-order valence-electron chi connectivity index (χ1n) is 6.19. The van der Waals surface area contributed by atoms with Crippen molar-refractivity contribution < 1.29 is 13.5 Å². The van der Waals surface area contributed by atoms with Gasteiger partial charge in [0.1, 0.15) is 0 Å². The zero-order chi connectivity index (χ0) is 13.2. The molecule has 0 bridgehead atoms. The van der Waals surface area contributed by atoms with Crippen molar-refractivity contribution in [3.05, 3.63) is 35.4 Å². The molecule has 4 nitrogen and oxygen atoms in total. The number of aliphatic hydroxyl groups is 1. The Morgan fingerprint density at radius 2 is 1.83 bits per heavy atom. The molecule has 1 atom stereocenters. The SMILES string of the molecule is CC(NS(=O)(=O)Cc1ccc(CO)cc1)C1CC1. The minimum atomic E-state index is -3.27. The predicted molar refractivity (Wildman–Crippen MR) is 70.3 cm³/mol. The Morgan fingerprint density at radius 3 is 2.33 bits per heavy atom. The van der Waals surface area contributed by atoms with E-state index >= 15 is 0 Å². The second kappa shape index (κ2) is 5.38. The van der Waals surface area contributed by atoms with Crippen LogP contribution in [0.3, 0.4) is 0 Å². The van der Waals surface area contributed by atoms with Crippen molar-refractivity contribution in [3.63, 3.8) is 0 Å². The molecule has 1 aromatic carbocycles. The molecule has 2 N–H and O–H groups in total.